The second kappa shape index (κ2) is 12.1. The molecule has 1 atom stereocenters. The van der Waals surface area contributed by atoms with E-state index in [2.05, 4.69) is 15.2 Å². The first-order valence-electron chi connectivity index (χ1n) is 14.2. The summed E-state index contributed by atoms with van der Waals surface area (Å²) in [6, 6.07) is 10.2. The molecule has 3 aromatic rings. The number of rotatable bonds is 8. The highest BCUT2D eigenvalue weighted by Gasteiger charge is 2.38. The molecule has 0 bridgehead atoms. The van der Waals surface area contributed by atoms with Crippen LogP contribution < -0.4 is 10.2 Å². The Kier molecular flexibility index (Phi) is 8.11. The predicted molar refractivity (Wildman–Crippen MR) is 163 cm³/mol. The van der Waals surface area contributed by atoms with Crippen molar-refractivity contribution >= 4 is 40.7 Å². The van der Waals surface area contributed by atoms with Crippen molar-refractivity contribution < 1.29 is 28.6 Å². The van der Waals surface area contributed by atoms with Crippen LogP contribution in [0.25, 0.3) is 0 Å². The van der Waals surface area contributed by atoms with Crippen LogP contribution in [0.3, 0.4) is 0 Å². The third-order valence-corrected chi connectivity index (χ3v) is 8.82. The maximum Gasteiger partial charge on any atom is 0.338 e. The van der Waals surface area contributed by atoms with Crippen LogP contribution in [0.2, 0.25) is 0 Å². The zero-order chi connectivity index (χ0) is 31.0. The number of carboxylic acid groups (broad SMARTS) is 1. The maximum absolute atomic E-state index is 14.7. The third-order valence-electron chi connectivity index (χ3n) is 8.04. The predicted octanol–water partition coefficient (Wildman–Crippen LogP) is 4.25. The molecule has 1 unspecified atom stereocenters. The van der Waals surface area contributed by atoms with Gasteiger partial charge in [0.2, 0.25) is 0 Å². The molecule has 1 aromatic heterocycles. The largest absolute Gasteiger partial charge is 0.478 e. The van der Waals surface area contributed by atoms with Crippen LogP contribution in [0.5, 0.6) is 0 Å². The Hall–Kier alpha value is -4.68. The summed E-state index contributed by atoms with van der Waals surface area (Å²) in [6.07, 6.45) is 2.20. The van der Waals surface area contributed by atoms with Crippen molar-refractivity contribution in [2.45, 2.75) is 26.3 Å². The number of esters is 1. The summed E-state index contributed by atoms with van der Waals surface area (Å²) >= 11 is 1.40. The van der Waals surface area contributed by atoms with Gasteiger partial charge in [-0.1, -0.05) is 12.1 Å². The van der Waals surface area contributed by atoms with Gasteiger partial charge in [-0.2, -0.15) is 0 Å². The number of amidine groups is 1. The summed E-state index contributed by atoms with van der Waals surface area (Å²) in [5.41, 5.74) is 4.39. The van der Waals surface area contributed by atoms with Gasteiger partial charge >= 0.3 is 11.9 Å². The molecule has 3 aliphatic heterocycles. The first-order chi connectivity index (χ1) is 21.2. The molecule has 3 aliphatic rings. The van der Waals surface area contributed by atoms with Crippen LogP contribution in [0.15, 0.2) is 81.5 Å². The Balaban J connectivity index is 1.31. The number of benzene rings is 2. The van der Waals surface area contributed by atoms with Crippen molar-refractivity contribution in [3.63, 3.8) is 0 Å². The van der Waals surface area contributed by atoms with Crippen LogP contribution in [0.1, 0.15) is 45.9 Å². The molecule has 2 N–H and O–H groups in total. The van der Waals surface area contributed by atoms with Crippen LogP contribution in [-0.2, 0) is 14.3 Å². The SMILES string of the molecule is CCOC(=O)C1=C(CN2CCC3=C(C2)CN(c2ccc(C(=O)O)cc2)C3=O)NC(c2nccs2)=NC1c1cccc(F)c1C. The van der Waals surface area contributed by atoms with Gasteiger partial charge in [0.15, 0.2) is 10.8 Å². The summed E-state index contributed by atoms with van der Waals surface area (Å²) < 4.78 is 20.2. The lowest BCUT2D eigenvalue weighted by atomic mass is 9.92. The number of nitrogens with zero attached hydrogens (tertiary/aromatic N) is 4. The molecule has 0 saturated heterocycles. The van der Waals surface area contributed by atoms with Crippen molar-refractivity contribution in [2.75, 3.05) is 37.7 Å². The molecule has 0 fully saturated rings. The van der Waals surface area contributed by atoms with E-state index in [9.17, 15) is 23.9 Å². The van der Waals surface area contributed by atoms with E-state index in [1.54, 1.807) is 49.2 Å². The molecular weight excluding hydrogens is 585 g/mol. The van der Waals surface area contributed by atoms with Gasteiger partial charge < -0.3 is 20.1 Å². The molecule has 0 spiro atoms. The second-order valence-electron chi connectivity index (χ2n) is 10.7. The number of carbonyl (C=O) groups is 3. The molecule has 4 heterocycles. The minimum atomic E-state index is -1.02. The van der Waals surface area contributed by atoms with E-state index in [0.29, 0.717) is 71.5 Å². The fourth-order valence-corrected chi connectivity index (χ4v) is 6.42. The number of aliphatic imine (C=N–C) groups is 1. The normalized spacial score (nSPS) is 18.7. The molecule has 12 heteroatoms. The van der Waals surface area contributed by atoms with E-state index in [1.165, 1.54) is 29.5 Å². The van der Waals surface area contributed by atoms with E-state index >= 15 is 0 Å². The number of carboxylic acids is 1. The van der Waals surface area contributed by atoms with Crippen LogP contribution in [0.4, 0.5) is 10.1 Å². The van der Waals surface area contributed by atoms with E-state index in [-0.39, 0.29) is 23.9 Å². The van der Waals surface area contributed by atoms with Crippen LogP contribution >= 0.6 is 11.3 Å². The van der Waals surface area contributed by atoms with E-state index in [0.717, 1.165) is 11.1 Å². The minimum Gasteiger partial charge on any atom is -0.478 e. The number of hydrogen-bond donors (Lipinski definition) is 2. The van der Waals surface area contributed by atoms with Gasteiger partial charge in [0, 0.05) is 54.7 Å². The highest BCUT2D eigenvalue weighted by molar-refractivity contribution is 7.11. The number of amides is 1. The zero-order valence-corrected chi connectivity index (χ0v) is 25.0. The van der Waals surface area contributed by atoms with E-state index in [1.807, 2.05) is 5.38 Å². The maximum atomic E-state index is 14.7. The van der Waals surface area contributed by atoms with Crippen molar-refractivity contribution in [3.05, 3.63) is 104 Å². The fourth-order valence-electron chi connectivity index (χ4n) is 5.84. The van der Waals surface area contributed by atoms with E-state index in [4.69, 9.17) is 9.73 Å². The van der Waals surface area contributed by atoms with Gasteiger partial charge in [-0.3, -0.25) is 14.7 Å². The summed E-state index contributed by atoms with van der Waals surface area (Å²) in [6.45, 7) is 5.37. The number of anilines is 1. The third kappa shape index (κ3) is 5.53. The number of halogens is 1. The second-order valence-corrected chi connectivity index (χ2v) is 11.6. The summed E-state index contributed by atoms with van der Waals surface area (Å²) in [5, 5.41) is 15.0. The molecular formula is C32H30FN5O5S. The minimum absolute atomic E-state index is 0.0789. The van der Waals surface area contributed by atoms with Gasteiger partial charge in [0.05, 0.1) is 17.7 Å². The van der Waals surface area contributed by atoms with Gasteiger partial charge in [0.1, 0.15) is 11.9 Å². The van der Waals surface area contributed by atoms with Gasteiger partial charge in [-0.15, -0.1) is 11.3 Å². The lowest BCUT2D eigenvalue weighted by Gasteiger charge is -2.33. The Labute approximate surface area is 257 Å². The molecule has 44 heavy (non-hydrogen) atoms. The van der Waals surface area contributed by atoms with Gasteiger partial charge in [0.25, 0.3) is 5.91 Å². The highest BCUT2D eigenvalue weighted by Crippen LogP contribution is 2.36. The van der Waals surface area contributed by atoms with Crippen molar-refractivity contribution in [2.24, 2.45) is 4.99 Å². The number of thiazole rings is 1. The molecule has 2 aromatic carbocycles. The lowest BCUT2D eigenvalue weighted by molar-refractivity contribution is -0.139. The molecule has 10 nitrogen and oxygen atoms in total. The van der Waals surface area contributed by atoms with Gasteiger partial charge in [-0.25, -0.2) is 19.0 Å². The summed E-state index contributed by atoms with van der Waals surface area (Å²) in [7, 11) is 0. The smallest absolute Gasteiger partial charge is 0.338 e. The highest BCUT2D eigenvalue weighted by atomic mass is 32.1. The fraction of sp³-hybridized carbons (Fsp3) is 0.281. The van der Waals surface area contributed by atoms with Crippen molar-refractivity contribution in [1.29, 1.82) is 0 Å². The number of nitrogens with one attached hydrogen (secondary N) is 1. The number of hydrogen-bond acceptors (Lipinski definition) is 9. The lowest BCUT2D eigenvalue weighted by Crippen LogP contribution is -2.41. The van der Waals surface area contributed by atoms with Crippen molar-refractivity contribution in [3.8, 4) is 0 Å². The zero-order valence-electron chi connectivity index (χ0n) is 24.2. The average molecular weight is 616 g/mol. The average Bonchev–Trinajstić information content (AvgIpc) is 3.67. The Morgan fingerprint density at radius 3 is 2.68 bits per heavy atom. The van der Waals surface area contributed by atoms with Crippen LogP contribution in [0, 0.1) is 12.7 Å². The number of aromatic nitrogens is 1. The Morgan fingerprint density at radius 2 is 1.98 bits per heavy atom. The Bertz CT molecular complexity index is 1730. The molecule has 6 rings (SSSR count). The first-order valence-corrected chi connectivity index (χ1v) is 15.1. The summed E-state index contributed by atoms with van der Waals surface area (Å²) in [4.78, 5) is 51.2. The molecule has 0 aliphatic carbocycles. The molecule has 226 valence electrons. The number of carbonyl (C=O) groups excluding carboxylic acids is 2. The molecule has 1 amide bonds. The topological polar surface area (TPSA) is 124 Å². The quantitative estimate of drug-likeness (QED) is 0.361. The van der Waals surface area contributed by atoms with Gasteiger partial charge in [-0.05, 0) is 67.3 Å². The van der Waals surface area contributed by atoms with Crippen LogP contribution in [-0.4, -0.2) is 71.5 Å². The number of ether oxygens (including phenoxy) is 1. The molecule has 0 saturated carbocycles. The first kappa shape index (κ1) is 29.4. The monoisotopic (exact) mass is 615 g/mol. The standard InChI is InChI=1S/C32H30FN5O5S/c1-3-43-32(42)26-25(35-28(29-34-12-14-44-29)36-27(26)22-5-4-6-24(33)18(22)2)17-37-13-11-23-20(15-37)16-38(30(23)39)21-9-7-19(8-10-21)31(40)41/h4-10,12,14,27H,3,11,13,15-17H2,1-2H3,(H,35,36)(H,40,41). The Morgan fingerprint density at radius 1 is 1.18 bits per heavy atom. The molecule has 0 radical (unpaired) electrons. The van der Waals surface area contributed by atoms with Crippen molar-refractivity contribution in [1.82, 2.24) is 15.2 Å². The summed E-state index contributed by atoms with van der Waals surface area (Å²) in [5.74, 6) is -1.54. The van der Waals surface area contributed by atoms with E-state index < -0.39 is 18.0 Å². The number of aromatic carboxylic acids is 1.